The van der Waals surface area contributed by atoms with E-state index in [1.807, 2.05) is 38.1 Å². The van der Waals surface area contributed by atoms with Gasteiger partial charge in [-0.15, -0.1) is 0 Å². The molecule has 0 saturated carbocycles. The smallest absolute Gasteiger partial charge is 0.160 e. The minimum Gasteiger partial charge on any atom is -0.373 e. The molecule has 0 amide bonds. The maximum Gasteiger partial charge on any atom is 0.160 e. The van der Waals surface area contributed by atoms with Crippen LogP contribution >= 0.6 is 39.1 Å². The van der Waals surface area contributed by atoms with E-state index in [4.69, 9.17) is 27.9 Å². The monoisotopic (exact) mass is 388 g/mol. The van der Waals surface area contributed by atoms with Crippen LogP contribution < -0.4 is 0 Å². The lowest BCUT2D eigenvalue weighted by atomic mass is 10.1. The Kier molecular flexibility index (Phi) is 5.60. The highest BCUT2D eigenvalue weighted by molar-refractivity contribution is 9.10. The van der Waals surface area contributed by atoms with E-state index in [0.717, 1.165) is 10.0 Å². The average Bonchev–Trinajstić information content (AvgIpc) is 2.40. The van der Waals surface area contributed by atoms with Crippen molar-refractivity contribution in [1.82, 2.24) is 9.97 Å². The quantitative estimate of drug-likeness (QED) is 0.642. The van der Waals surface area contributed by atoms with Gasteiger partial charge >= 0.3 is 0 Å². The second kappa shape index (κ2) is 7.05. The van der Waals surface area contributed by atoms with Gasteiger partial charge in [0.05, 0.1) is 5.56 Å². The molecule has 1 atom stereocenters. The highest BCUT2D eigenvalue weighted by Crippen LogP contribution is 2.35. The number of ether oxygens (including phenoxy) is 1. The first-order valence-electron chi connectivity index (χ1n) is 6.45. The lowest BCUT2D eigenvalue weighted by molar-refractivity contribution is 0.0575. The number of hydrogen-bond donors (Lipinski definition) is 0. The molecule has 1 heterocycles. The minimum atomic E-state index is -0.237. The summed E-state index contributed by atoms with van der Waals surface area (Å²) < 4.78 is 6.40. The molecule has 1 aromatic carbocycles. The van der Waals surface area contributed by atoms with E-state index < -0.39 is 0 Å². The van der Waals surface area contributed by atoms with Gasteiger partial charge in [0, 0.05) is 11.6 Å². The van der Waals surface area contributed by atoms with Crippen LogP contribution in [0.25, 0.3) is 11.1 Å². The van der Waals surface area contributed by atoms with Crippen LogP contribution in [0.5, 0.6) is 0 Å². The van der Waals surface area contributed by atoms with Crippen molar-refractivity contribution in [3.05, 3.63) is 44.9 Å². The number of aromatic nitrogens is 2. The molecule has 0 radical (unpaired) electrons. The van der Waals surface area contributed by atoms with E-state index >= 15 is 0 Å². The zero-order valence-electron chi connectivity index (χ0n) is 11.9. The zero-order valence-corrected chi connectivity index (χ0v) is 15.0. The van der Waals surface area contributed by atoms with Crippen LogP contribution in [0.2, 0.25) is 10.3 Å². The normalized spacial score (nSPS) is 12.7. The van der Waals surface area contributed by atoms with Crippen LogP contribution in [0.15, 0.2) is 28.7 Å². The molecule has 0 fully saturated rings. The van der Waals surface area contributed by atoms with Gasteiger partial charge in [0.15, 0.2) is 5.82 Å². The second-order valence-corrected chi connectivity index (χ2v) is 6.58. The Morgan fingerprint density at radius 1 is 1.05 bits per heavy atom. The number of hydrogen-bond acceptors (Lipinski definition) is 3. The van der Waals surface area contributed by atoms with Crippen molar-refractivity contribution >= 4 is 39.1 Å². The van der Waals surface area contributed by atoms with Crippen LogP contribution in [0.3, 0.4) is 0 Å². The van der Waals surface area contributed by atoms with Crippen LogP contribution in [0, 0.1) is 5.92 Å². The van der Waals surface area contributed by atoms with Gasteiger partial charge in [-0.1, -0.05) is 65.1 Å². The van der Waals surface area contributed by atoms with Gasteiger partial charge in [0.2, 0.25) is 0 Å². The summed E-state index contributed by atoms with van der Waals surface area (Å²) in [5.74, 6) is 0.726. The summed E-state index contributed by atoms with van der Waals surface area (Å²) in [6, 6.07) is 7.66. The number of methoxy groups -OCH3 is 1. The number of benzene rings is 1. The van der Waals surface area contributed by atoms with Gasteiger partial charge < -0.3 is 4.74 Å². The molecule has 0 N–H and O–H groups in total. The highest BCUT2D eigenvalue weighted by Gasteiger charge is 2.22. The van der Waals surface area contributed by atoms with E-state index in [-0.39, 0.29) is 12.0 Å². The number of nitrogens with zero attached hydrogens (tertiary/aromatic N) is 2. The summed E-state index contributed by atoms with van der Waals surface area (Å²) in [6.07, 6.45) is -0.237. The van der Waals surface area contributed by atoms with E-state index in [1.54, 1.807) is 7.11 Å². The molecule has 2 rings (SSSR count). The maximum absolute atomic E-state index is 6.31. The SMILES string of the molecule is COC(c1nc(Cl)c(-c2ccc(Br)cc2)c(Cl)n1)C(C)C. The number of rotatable bonds is 4. The fourth-order valence-electron chi connectivity index (χ4n) is 2.08. The summed E-state index contributed by atoms with van der Waals surface area (Å²) in [5.41, 5.74) is 1.51. The summed E-state index contributed by atoms with van der Waals surface area (Å²) in [6.45, 7) is 4.06. The second-order valence-electron chi connectivity index (χ2n) is 4.95. The molecule has 0 bridgehead atoms. The van der Waals surface area contributed by atoms with Gasteiger partial charge in [-0.2, -0.15) is 0 Å². The molecule has 1 unspecified atom stereocenters. The molecular weight excluding hydrogens is 375 g/mol. The van der Waals surface area contributed by atoms with Gasteiger partial charge in [0.25, 0.3) is 0 Å². The third kappa shape index (κ3) is 3.75. The average molecular weight is 390 g/mol. The molecule has 1 aromatic heterocycles. The van der Waals surface area contributed by atoms with Crippen LogP contribution in [-0.4, -0.2) is 17.1 Å². The Labute approximate surface area is 142 Å². The number of halogens is 3. The zero-order chi connectivity index (χ0) is 15.6. The van der Waals surface area contributed by atoms with Crippen molar-refractivity contribution in [2.75, 3.05) is 7.11 Å². The highest BCUT2D eigenvalue weighted by atomic mass is 79.9. The fourth-order valence-corrected chi connectivity index (χ4v) is 2.96. The molecule has 0 saturated heterocycles. The van der Waals surface area contributed by atoms with Gasteiger partial charge in [-0.05, 0) is 23.6 Å². The van der Waals surface area contributed by atoms with E-state index in [9.17, 15) is 0 Å². The topological polar surface area (TPSA) is 35.0 Å². The summed E-state index contributed by atoms with van der Waals surface area (Å²) in [7, 11) is 1.62. The third-order valence-electron chi connectivity index (χ3n) is 3.08. The molecule has 2 aromatic rings. The molecule has 0 aliphatic carbocycles. The van der Waals surface area contributed by atoms with E-state index in [1.165, 1.54) is 0 Å². The molecule has 0 aliphatic heterocycles. The Balaban J connectivity index is 2.49. The molecule has 21 heavy (non-hydrogen) atoms. The Bertz CT molecular complexity index is 609. The fraction of sp³-hybridized carbons (Fsp3) is 0.333. The lowest BCUT2D eigenvalue weighted by Gasteiger charge is -2.19. The van der Waals surface area contributed by atoms with Gasteiger partial charge in [-0.25, -0.2) is 9.97 Å². The van der Waals surface area contributed by atoms with Crippen molar-refractivity contribution in [3.63, 3.8) is 0 Å². The lowest BCUT2D eigenvalue weighted by Crippen LogP contribution is -2.13. The van der Waals surface area contributed by atoms with Gasteiger partial charge in [0.1, 0.15) is 16.4 Å². The summed E-state index contributed by atoms with van der Waals surface area (Å²) in [5, 5.41) is 0.657. The Morgan fingerprint density at radius 2 is 1.57 bits per heavy atom. The Hall–Kier alpha value is -0.680. The molecule has 6 heteroatoms. The van der Waals surface area contributed by atoms with Gasteiger partial charge in [-0.3, -0.25) is 0 Å². The van der Waals surface area contributed by atoms with Crippen LogP contribution in [0.4, 0.5) is 0 Å². The first-order chi connectivity index (χ1) is 9.93. The molecular formula is C15H15BrCl2N2O. The first-order valence-corrected chi connectivity index (χ1v) is 8.00. The maximum atomic E-state index is 6.31. The summed E-state index contributed by atoms with van der Waals surface area (Å²) in [4.78, 5) is 8.72. The Morgan fingerprint density at radius 3 is 2.00 bits per heavy atom. The van der Waals surface area contributed by atoms with E-state index in [2.05, 4.69) is 25.9 Å². The van der Waals surface area contributed by atoms with Crippen molar-refractivity contribution < 1.29 is 4.74 Å². The van der Waals surface area contributed by atoms with Crippen LogP contribution in [0.1, 0.15) is 25.8 Å². The third-order valence-corrected chi connectivity index (χ3v) is 4.16. The molecule has 112 valence electrons. The van der Waals surface area contributed by atoms with Crippen molar-refractivity contribution in [3.8, 4) is 11.1 Å². The standard InChI is InChI=1S/C15H15BrCl2N2O/c1-8(2)12(21-3)15-19-13(17)11(14(18)20-15)9-4-6-10(16)7-5-9/h4-8,12H,1-3H3. The molecule has 0 aliphatic rings. The summed E-state index contributed by atoms with van der Waals surface area (Å²) >= 11 is 16.0. The largest absolute Gasteiger partial charge is 0.373 e. The molecule has 0 spiro atoms. The predicted molar refractivity (Wildman–Crippen MR) is 89.8 cm³/mol. The molecule has 3 nitrogen and oxygen atoms in total. The van der Waals surface area contributed by atoms with E-state index in [0.29, 0.717) is 21.7 Å². The van der Waals surface area contributed by atoms with Crippen molar-refractivity contribution in [2.45, 2.75) is 20.0 Å². The predicted octanol–water partition coefficient (Wildman–Crippen LogP) is 5.56. The van der Waals surface area contributed by atoms with Crippen molar-refractivity contribution in [1.29, 1.82) is 0 Å². The van der Waals surface area contributed by atoms with Crippen molar-refractivity contribution in [2.24, 2.45) is 5.92 Å². The minimum absolute atomic E-state index is 0.223. The van der Waals surface area contributed by atoms with Crippen LogP contribution in [-0.2, 0) is 4.74 Å². The first kappa shape index (κ1) is 16.7.